The van der Waals surface area contributed by atoms with Crippen LogP contribution in [0.4, 0.5) is 10.5 Å². The molecule has 1 aromatic rings. The van der Waals surface area contributed by atoms with Gasteiger partial charge in [-0.2, -0.15) is 0 Å². The Morgan fingerprint density at radius 2 is 1.94 bits per heavy atom. The quantitative estimate of drug-likeness (QED) is 0.774. The topological polar surface area (TPSA) is 41.1 Å². The molecular weight excluding hydrogens is 224 g/mol. The molecule has 0 atom stereocenters. The maximum atomic E-state index is 11.6. The van der Waals surface area contributed by atoms with Crippen molar-refractivity contribution >= 4 is 23.3 Å². The highest BCUT2D eigenvalue weighted by atomic mass is 35.5. The molecule has 16 heavy (non-hydrogen) atoms. The van der Waals surface area contributed by atoms with Crippen molar-refractivity contribution in [2.75, 3.05) is 5.32 Å². The smallest absolute Gasteiger partial charge is 0.319 e. The highest BCUT2D eigenvalue weighted by Gasteiger charge is 2.14. The van der Waals surface area contributed by atoms with Crippen LogP contribution in [0.3, 0.4) is 0 Å². The van der Waals surface area contributed by atoms with Gasteiger partial charge in [0.1, 0.15) is 0 Å². The van der Waals surface area contributed by atoms with Gasteiger partial charge < -0.3 is 10.6 Å². The summed E-state index contributed by atoms with van der Waals surface area (Å²) in [6.45, 7) is 7.71. The highest BCUT2D eigenvalue weighted by Crippen LogP contribution is 2.22. The van der Waals surface area contributed by atoms with Crippen LogP contribution < -0.4 is 10.6 Å². The lowest BCUT2D eigenvalue weighted by Crippen LogP contribution is -2.43. The van der Waals surface area contributed by atoms with Gasteiger partial charge in [-0.1, -0.05) is 17.7 Å². The summed E-state index contributed by atoms with van der Waals surface area (Å²) in [5.41, 5.74) is 1.42. The van der Waals surface area contributed by atoms with Crippen molar-refractivity contribution < 1.29 is 4.79 Å². The Hall–Kier alpha value is -1.22. The minimum Gasteiger partial charge on any atom is -0.333 e. The zero-order chi connectivity index (χ0) is 12.3. The highest BCUT2D eigenvalue weighted by molar-refractivity contribution is 6.33. The van der Waals surface area contributed by atoms with Gasteiger partial charge in [0.2, 0.25) is 0 Å². The van der Waals surface area contributed by atoms with Gasteiger partial charge in [0, 0.05) is 5.54 Å². The van der Waals surface area contributed by atoms with Gasteiger partial charge in [-0.15, -0.1) is 0 Å². The molecule has 1 rings (SSSR count). The van der Waals surface area contributed by atoms with E-state index in [1.54, 1.807) is 6.07 Å². The molecule has 88 valence electrons. The number of urea groups is 1. The zero-order valence-corrected chi connectivity index (χ0v) is 10.8. The SMILES string of the molecule is Cc1ccc(Cl)c(NC(=O)NC(C)(C)C)c1. The van der Waals surface area contributed by atoms with Crippen LogP contribution in [0.2, 0.25) is 5.02 Å². The van der Waals surface area contributed by atoms with E-state index in [9.17, 15) is 4.79 Å². The third-order valence-electron chi connectivity index (χ3n) is 1.86. The first-order valence-corrected chi connectivity index (χ1v) is 5.51. The van der Waals surface area contributed by atoms with Gasteiger partial charge in [0.05, 0.1) is 10.7 Å². The van der Waals surface area contributed by atoms with Crippen molar-refractivity contribution in [3.05, 3.63) is 28.8 Å². The van der Waals surface area contributed by atoms with Crippen LogP contribution in [0.1, 0.15) is 26.3 Å². The van der Waals surface area contributed by atoms with Gasteiger partial charge in [-0.25, -0.2) is 4.79 Å². The predicted octanol–water partition coefficient (Wildman–Crippen LogP) is 3.57. The minimum absolute atomic E-state index is 0.250. The van der Waals surface area contributed by atoms with Crippen LogP contribution in [-0.4, -0.2) is 11.6 Å². The summed E-state index contributed by atoms with van der Waals surface area (Å²) in [4.78, 5) is 11.6. The molecule has 0 unspecified atom stereocenters. The first kappa shape index (κ1) is 12.8. The molecule has 0 heterocycles. The summed E-state index contributed by atoms with van der Waals surface area (Å²) in [6, 6.07) is 5.25. The van der Waals surface area contributed by atoms with Crippen molar-refractivity contribution in [3.8, 4) is 0 Å². The number of aryl methyl sites for hydroxylation is 1. The van der Waals surface area contributed by atoms with E-state index in [1.165, 1.54) is 0 Å². The molecule has 0 bridgehead atoms. The number of rotatable bonds is 1. The lowest BCUT2D eigenvalue weighted by molar-refractivity contribution is 0.244. The number of carbonyl (C=O) groups is 1. The molecule has 0 saturated heterocycles. The largest absolute Gasteiger partial charge is 0.333 e. The predicted molar refractivity (Wildman–Crippen MR) is 68.1 cm³/mol. The first-order chi connectivity index (χ1) is 7.28. The van der Waals surface area contributed by atoms with E-state index in [0.29, 0.717) is 10.7 Å². The second kappa shape index (κ2) is 4.74. The lowest BCUT2D eigenvalue weighted by Gasteiger charge is -2.21. The summed E-state index contributed by atoms with van der Waals surface area (Å²) < 4.78 is 0. The maximum absolute atomic E-state index is 11.6. The molecule has 0 spiro atoms. The molecule has 2 amide bonds. The van der Waals surface area contributed by atoms with Crippen molar-refractivity contribution in [1.82, 2.24) is 5.32 Å². The van der Waals surface area contributed by atoms with E-state index in [-0.39, 0.29) is 11.6 Å². The second-order valence-electron chi connectivity index (χ2n) is 4.81. The molecule has 0 aromatic heterocycles. The fourth-order valence-electron chi connectivity index (χ4n) is 1.23. The lowest BCUT2D eigenvalue weighted by atomic mass is 10.1. The van der Waals surface area contributed by atoms with Crippen molar-refractivity contribution in [3.63, 3.8) is 0 Å². The fraction of sp³-hybridized carbons (Fsp3) is 0.417. The molecule has 0 aliphatic carbocycles. The Morgan fingerprint density at radius 3 is 2.50 bits per heavy atom. The summed E-state index contributed by atoms with van der Waals surface area (Å²) in [5, 5.41) is 6.07. The number of hydrogen-bond acceptors (Lipinski definition) is 1. The Morgan fingerprint density at radius 1 is 1.31 bits per heavy atom. The third-order valence-corrected chi connectivity index (χ3v) is 2.19. The number of carbonyl (C=O) groups excluding carboxylic acids is 1. The van der Waals surface area contributed by atoms with Crippen molar-refractivity contribution in [2.45, 2.75) is 33.2 Å². The molecule has 0 saturated carbocycles. The fourth-order valence-corrected chi connectivity index (χ4v) is 1.39. The third kappa shape index (κ3) is 4.11. The Balaban J connectivity index is 2.73. The van der Waals surface area contributed by atoms with Crippen molar-refractivity contribution in [2.24, 2.45) is 0 Å². The maximum Gasteiger partial charge on any atom is 0.319 e. The number of nitrogens with one attached hydrogen (secondary N) is 2. The van der Waals surface area contributed by atoms with Crippen LogP contribution in [0.15, 0.2) is 18.2 Å². The molecular formula is C12H17ClN2O. The van der Waals surface area contributed by atoms with Crippen molar-refractivity contribution in [1.29, 1.82) is 0 Å². The van der Waals surface area contributed by atoms with Crippen LogP contribution >= 0.6 is 11.6 Å². The van der Waals surface area contributed by atoms with Crippen LogP contribution in [0.25, 0.3) is 0 Å². The van der Waals surface area contributed by atoms with Gasteiger partial charge in [0.15, 0.2) is 0 Å². The second-order valence-corrected chi connectivity index (χ2v) is 5.22. The molecule has 4 heteroatoms. The summed E-state index contributed by atoms with van der Waals surface area (Å²) in [6.07, 6.45) is 0. The Bertz CT molecular complexity index is 396. The van der Waals surface area contributed by atoms with E-state index in [2.05, 4.69) is 10.6 Å². The molecule has 0 fully saturated rings. The number of benzene rings is 1. The average molecular weight is 241 g/mol. The molecule has 1 aromatic carbocycles. The van der Waals surface area contributed by atoms with Gasteiger partial charge in [-0.05, 0) is 45.4 Å². The van der Waals surface area contributed by atoms with Crippen LogP contribution in [-0.2, 0) is 0 Å². The minimum atomic E-state index is -0.264. The zero-order valence-electron chi connectivity index (χ0n) is 10.0. The summed E-state index contributed by atoms with van der Waals surface area (Å²) in [7, 11) is 0. The van der Waals surface area contributed by atoms with Gasteiger partial charge in [-0.3, -0.25) is 0 Å². The van der Waals surface area contributed by atoms with Crippen LogP contribution in [0.5, 0.6) is 0 Å². The van der Waals surface area contributed by atoms with Crippen LogP contribution in [0, 0.1) is 6.92 Å². The standard InChI is InChI=1S/C12H17ClN2O/c1-8-5-6-9(13)10(7-8)14-11(16)15-12(2,3)4/h5-7H,1-4H3,(H2,14,15,16). The summed E-state index contributed by atoms with van der Waals surface area (Å²) >= 11 is 5.97. The van der Waals surface area contributed by atoms with Gasteiger partial charge >= 0.3 is 6.03 Å². The number of hydrogen-bond donors (Lipinski definition) is 2. The number of anilines is 1. The normalized spacial score (nSPS) is 11.1. The molecule has 2 N–H and O–H groups in total. The van der Waals surface area contributed by atoms with E-state index < -0.39 is 0 Å². The molecule has 0 aliphatic heterocycles. The van der Waals surface area contributed by atoms with E-state index in [0.717, 1.165) is 5.56 Å². The first-order valence-electron chi connectivity index (χ1n) is 5.13. The number of amides is 2. The molecule has 0 aliphatic rings. The van der Waals surface area contributed by atoms with E-state index >= 15 is 0 Å². The van der Waals surface area contributed by atoms with Gasteiger partial charge in [0.25, 0.3) is 0 Å². The van der Waals surface area contributed by atoms with E-state index in [1.807, 2.05) is 39.8 Å². The average Bonchev–Trinajstić information content (AvgIpc) is 2.08. The monoisotopic (exact) mass is 240 g/mol. The summed E-state index contributed by atoms with van der Waals surface area (Å²) in [5.74, 6) is 0. The Kier molecular flexibility index (Phi) is 3.81. The molecule has 0 radical (unpaired) electrons. The Labute approximate surface area is 101 Å². The van der Waals surface area contributed by atoms with E-state index in [4.69, 9.17) is 11.6 Å². The molecule has 3 nitrogen and oxygen atoms in total. The number of halogens is 1.